The molecule has 0 bridgehead atoms. The number of hydrogen-bond donors (Lipinski definition) is 1. The first-order valence-electron chi connectivity index (χ1n) is 7.03. The zero-order valence-electron chi connectivity index (χ0n) is 11.8. The lowest BCUT2D eigenvalue weighted by Gasteiger charge is -2.27. The molecule has 1 aromatic rings. The summed E-state index contributed by atoms with van der Waals surface area (Å²) < 4.78 is 5.45. The highest BCUT2D eigenvalue weighted by Gasteiger charge is 2.13. The second kappa shape index (κ2) is 7.13. The molecular formula is C15H23ClN2O. The number of methoxy groups -OCH3 is 1. The Kier molecular flexibility index (Phi) is 5.49. The van der Waals surface area contributed by atoms with Crippen LogP contribution in [0.2, 0.25) is 5.02 Å². The zero-order valence-corrected chi connectivity index (χ0v) is 12.6. The number of rotatable bonds is 5. The number of benzene rings is 1. The average molecular weight is 283 g/mol. The summed E-state index contributed by atoms with van der Waals surface area (Å²) in [4.78, 5) is 2.49. The maximum atomic E-state index is 6.29. The van der Waals surface area contributed by atoms with Gasteiger partial charge in [-0.2, -0.15) is 0 Å². The van der Waals surface area contributed by atoms with E-state index in [0.29, 0.717) is 0 Å². The lowest BCUT2D eigenvalue weighted by Crippen LogP contribution is -2.44. The molecule has 1 fully saturated rings. The molecule has 1 heterocycles. The van der Waals surface area contributed by atoms with Gasteiger partial charge in [0.15, 0.2) is 0 Å². The molecule has 3 nitrogen and oxygen atoms in total. The first-order valence-corrected chi connectivity index (χ1v) is 7.40. The predicted octanol–water partition coefficient (Wildman–Crippen LogP) is 2.36. The molecule has 0 atom stereocenters. The fraction of sp³-hybridized carbons (Fsp3) is 0.600. The van der Waals surface area contributed by atoms with E-state index in [1.807, 2.05) is 6.07 Å². The van der Waals surface area contributed by atoms with Crippen molar-refractivity contribution in [3.63, 3.8) is 0 Å². The van der Waals surface area contributed by atoms with Crippen LogP contribution in [0.5, 0.6) is 5.75 Å². The number of nitrogens with one attached hydrogen (secondary N) is 1. The molecule has 19 heavy (non-hydrogen) atoms. The Hall–Kier alpha value is -0.770. The topological polar surface area (TPSA) is 24.5 Å². The molecule has 0 saturated carbocycles. The highest BCUT2D eigenvalue weighted by molar-refractivity contribution is 6.32. The molecule has 4 heteroatoms. The van der Waals surface area contributed by atoms with Crippen LogP contribution in [0, 0.1) is 0 Å². The van der Waals surface area contributed by atoms with E-state index in [2.05, 4.69) is 23.2 Å². The predicted molar refractivity (Wildman–Crippen MR) is 80.4 cm³/mol. The number of piperazine rings is 1. The van der Waals surface area contributed by atoms with E-state index in [1.54, 1.807) is 7.11 Å². The highest BCUT2D eigenvalue weighted by atomic mass is 35.5. The Morgan fingerprint density at radius 3 is 2.68 bits per heavy atom. The van der Waals surface area contributed by atoms with Crippen LogP contribution in [-0.2, 0) is 12.8 Å². The van der Waals surface area contributed by atoms with E-state index in [0.717, 1.165) is 56.3 Å². The smallest absolute Gasteiger partial charge is 0.140 e. The number of ether oxygens (including phenoxy) is 1. The van der Waals surface area contributed by atoms with Gasteiger partial charge in [-0.05, 0) is 30.0 Å². The SMILES string of the molecule is CCc1cc(Cl)c(OC)c(CCN2CCNCC2)c1. The Morgan fingerprint density at radius 1 is 1.32 bits per heavy atom. The molecular weight excluding hydrogens is 260 g/mol. The summed E-state index contributed by atoms with van der Waals surface area (Å²) in [6.07, 6.45) is 2.00. The summed E-state index contributed by atoms with van der Waals surface area (Å²) in [7, 11) is 1.70. The monoisotopic (exact) mass is 282 g/mol. The molecule has 1 N–H and O–H groups in total. The molecule has 0 spiro atoms. The van der Waals surface area contributed by atoms with E-state index in [4.69, 9.17) is 16.3 Å². The number of hydrogen-bond acceptors (Lipinski definition) is 3. The van der Waals surface area contributed by atoms with Crippen LogP contribution in [-0.4, -0.2) is 44.7 Å². The zero-order chi connectivity index (χ0) is 13.7. The van der Waals surface area contributed by atoms with Gasteiger partial charge in [-0.15, -0.1) is 0 Å². The molecule has 1 saturated heterocycles. The maximum Gasteiger partial charge on any atom is 0.140 e. The number of aryl methyl sites for hydroxylation is 1. The van der Waals surface area contributed by atoms with Crippen LogP contribution in [0.25, 0.3) is 0 Å². The van der Waals surface area contributed by atoms with Gasteiger partial charge in [0.05, 0.1) is 12.1 Å². The first kappa shape index (κ1) is 14.6. The van der Waals surface area contributed by atoms with E-state index >= 15 is 0 Å². The van der Waals surface area contributed by atoms with E-state index in [-0.39, 0.29) is 0 Å². The molecule has 1 aliphatic heterocycles. The van der Waals surface area contributed by atoms with Crippen molar-refractivity contribution in [2.75, 3.05) is 39.8 Å². The van der Waals surface area contributed by atoms with E-state index in [9.17, 15) is 0 Å². The third-order valence-electron chi connectivity index (χ3n) is 3.70. The van der Waals surface area contributed by atoms with Gasteiger partial charge >= 0.3 is 0 Å². The fourth-order valence-electron chi connectivity index (χ4n) is 2.54. The Balaban J connectivity index is 2.06. The third kappa shape index (κ3) is 3.85. The van der Waals surface area contributed by atoms with Crippen molar-refractivity contribution in [1.82, 2.24) is 10.2 Å². The van der Waals surface area contributed by atoms with E-state index < -0.39 is 0 Å². The molecule has 1 aromatic carbocycles. The van der Waals surface area contributed by atoms with Crippen LogP contribution in [0.1, 0.15) is 18.1 Å². The molecule has 2 rings (SSSR count). The standard InChI is InChI=1S/C15H23ClN2O/c1-3-12-10-13(15(19-2)14(16)11-12)4-7-18-8-5-17-6-9-18/h10-11,17H,3-9H2,1-2H3. The van der Waals surface area contributed by atoms with Crippen molar-refractivity contribution in [2.24, 2.45) is 0 Å². The van der Waals surface area contributed by atoms with Gasteiger partial charge in [0.25, 0.3) is 0 Å². The minimum atomic E-state index is 0.733. The van der Waals surface area contributed by atoms with Crippen molar-refractivity contribution in [1.29, 1.82) is 0 Å². The molecule has 0 amide bonds. The Morgan fingerprint density at radius 2 is 2.05 bits per heavy atom. The Labute approximate surface area is 120 Å². The van der Waals surface area contributed by atoms with Gasteiger partial charge in [-0.3, -0.25) is 0 Å². The van der Waals surface area contributed by atoms with Crippen LogP contribution >= 0.6 is 11.6 Å². The molecule has 0 radical (unpaired) electrons. The third-order valence-corrected chi connectivity index (χ3v) is 3.98. The van der Waals surface area contributed by atoms with Crippen LogP contribution < -0.4 is 10.1 Å². The normalized spacial score (nSPS) is 16.6. The second-order valence-electron chi connectivity index (χ2n) is 4.97. The summed E-state index contributed by atoms with van der Waals surface area (Å²) in [5.74, 6) is 0.842. The van der Waals surface area contributed by atoms with Crippen molar-refractivity contribution < 1.29 is 4.74 Å². The van der Waals surface area contributed by atoms with Crippen molar-refractivity contribution >= 4 is 11.6 Å². The van der Waals surface area contributed by atoms with Gasteiger partial charge in [0, 0.05) is 32.7 Å². The van der Waals surface area contributed by atoms with Gasteiger partial charge in [-0.1, -0.05) is 24.6 Å². The molecule has 0 aliphatic carbocycles. The summed E-state index contributed by atoms with van der Waals surface area (Å²) in [6, 6.07) is 4.24. The average Bonchev–Trinajstić information content (AvgIpc) is 2.45. The highest BCUT2D eigenvalue weighted by Crippen LogP contribution is 2.31. The number of nitrogens with zero attached hydrogens (tertiary/aromatic N) is 1. The Bertz CT molecular complexity index is 417. The summed E-state index contributed by atoms with van der Waals surface area (Å²) in [5, 5.41) is 4.11. The number of halogens is 1. The summed E-state index contributed by atoms with van der Waals surface area (Å²) in [5.41, 5.74) is 2.51. The van der Waals surface area contributed by atoms with Crippen LogP contribution in [0.15, 0.2) is 12.1 Å². The molecule has 0 aromatic heterocycles. The van der Waals surface area contributed by atoms with Crippen LogP contribution in [0.3, 0.4) is 0 Å². The van der Waals surface area contributed by atoms with Gasteiger partial charge in [0.2, 0.25) is 0 Å². The van der Waals surface area contributed by atoms with Gasteiger partial charge in [0.1, 0.15) is 5.75 Å². The fourth-order valence-corrected chi connectivity index (χ4v) is 2.88. The summed E-state index contributed by atoms with van der Waals surface area (Å²) >= 11 is 6.29. The lowest BCUT2D eigenvalue weighted by atomic mass is 10.0. The molecule has 0 unspecified atom stereocenters. The summed E-state index contributed by atoms with van der Waals surface area (Å²) in [6.45, 7) is 7.66. The largest absolute Gasteiger partial charge is 0.495 e. The lowest BCUT2D eigenvalue weighted by molar-refractivity contribution is 0.243. The van der Waals surface area contributed by atoms with Crippen molar-refractivity contribution in [3.05, 3.63) is 28.3 Å². The van der Waals surface area contributed by atoms with Crippen molar-refractivity contribution in [3.8, 4) is 5.75 Å². The van der Waals surface area contributed by atoms with Gasteiger partial charge in [-0.25, -0.2) is 0 Å². The van der Waals surface area contributed by atoms with Gasteiger partial charge < -0.3 is 15.0 Å². The maximum absolute atomic E-state index is 6.29. The second-order valence-corrected chi connectivity index (χ2v) is 5.37. The first-order chi connectivity index (χ1) is 9.24. The molecule has 1 aliphatic rings. The minimum absolute atomic E-state index is 0.733. The minimum Gasteiger partial charge on any atom is -0.495 e. The van der Waals surface area contributed by atoms with E-state index in [1.165, 1.54) is 11.1 Å². The van der Waals surface area contributed by atoms with Crippen molar-refractivity contribution in [2.45, 2.75) is 19.8 Å². The van der Waals surface area contributed by atoms with Crippen LogP contribution in [0.4, 0.5) is 0 Å². The molecule has 106 valence electrons. The quantitative estimate of drug-likeness (QED) is 0.897.